The number of benzene rings is 1. The second kappa shape index (κ2) is 8.11. The van der Waals surface area contributed by atoms with Crippen molar-refractivity contribution in [3.63, 3.8) is 0 Å². The van der Waals surface area contributed by atoms with Gasteiger partial charge in [0.15, 0.2) is 0 Å². The Morgan fingerprint density at radius 1 is 1.22 bits per heavy atom. The van der Waals surface area contributed by atoms with Gasteiger partial charge in [-0.25, -0.2) is 0 Å². The number of rotatable bonds is 8. The number of ether oxygens (including phenoxy) is 1. The van der Waals surface area contributed by atoms with Crippen molar-refractivity contribution >= 4 is 5.69 Å². The van der Waals surface area contributed by atoms with E-state index in [0.29, 0.717) is 0 Å². The van der Waals surface area contributed by atoms with Gasteiger partial charge in [-0.15, -0.1) is 0 Å². The molecular weight excluding hydrogens is 224 g/mol. The van der Waals surface area contributed by atoms with Crippen LogP contribution in [0.3, 0.4) is 0 Å². The van der Waals surface area contributed by atoms with Gasteiger partial charge in [-0.05, 0) is 37.5 Å². The average Bonchev–Trinajstić information content (AvgIpc) is 2.39. The minimum atomic E-state index is 0.270. The number of nitrogens with zero attached hydrogens (tertiary/aromatic N) is 1. The van der Waals surface area contributed by atoms with Crippen molar-refractivity contribution in [2.24, 2.45) is 5.73 Å². The fourth-order valence-corrected chi connectivity index (χ4v) is 1.81. The predicted molar refractivity (Wildman–Crippen MR) is 78.2 cm³/mol. The normalized spacial score (nSPS) is 12.4. The van der Waals surface area contributed by atoms with Gasteiger partial charge in [-0.3, -0.25) is 0 Å². The van der Waals surface area contributed by atoms with Crippen LogP contribution in [0.5, 0.6) is 0 Å². The SMILES string of the molecule is CCOCCN(C)c1ccc(CC(N)CC)cc1. The van der Waals surface area contributed by atoms with E-state index in [1.165, 1.54) is 11.3 Å². The Morgan fingerprint density at radius 3 is 2.44 bits per heavy atom. The fourth-order valence-electron chi connectivity index (χ4n) is 1.81. The second-order valence-corrected chi connectivity index (χ2v) is 4.66. The molecule has 1 unspecified atom stereocenters. The van der Waals surface area contributed by atoms with Crippen LogP contribution < -0.4 is 10.6 Å². The number of likely N-dealkylation sites (N-methyl/N-ethyl adjacent to an activating group) is 1. The van der Waals surface area contributed by atoms with E-state index >= 15 is 0 Å². The first-order valence-corrected chi connectivity index (χ1v) is 6.80. The zero-order chi connectivity index (χ0) is 13.4. The molecule has 0 heterocycles. The van der Waals surface area contributed by atoms with Gasteiger partial charge in [-0.2, -0.15) is 0 Å². The standard InChI is InChI=1S/C15H26N2O/c1-4-14(16)12-13-6-8-15(9-7-13)17(3)10-11-18-5-2/h6-9,14H,4-5,10-12,16H2,1-3H3. The maximum Gasteiger partial charge on any atom is 0.0641 e. The van der Waals surface area contributed by atoms with Crippen molar-refractivity contribution in [2.45, 2.75) is 32.7 Å². The topological polar surface area (TPSA) is 38.5 Å². The summed E-state index contributed by atoms with van der Waals surface area (Å²) >= 11 is 0. The third-order valence-corrected chi connectivity index (χ3v) is 3.17. The first kappa shape index (κ1) is 15.0. The summed E-state index contributed by atoms with van der Waals surface area (Å²) in [6.07, 6.45) is 1.98. The van der Waals surface area contributed by atoms with Crippen LogP contribution >= 0.6 is 0 Å². The Morgan fingerprint density at radius 2 is 1.89 bits per heavy atom. The summed E-state index contributed by atoms with van der Waals surface area (Å²) < 4.78 is 5.36. The van der Waals surface area contributed by atoms with E-state index in [2.05, 4.69) is 43.1 Å². The quantitative estimate of drug-likeness (QED) is 0.720. The molecule has 0 amide bonds. The van der Waals surface area contributed by atoms with Crippen LogP contribution in [-0.4, -0.2) is 32.8 Å². The summed E-state index contributed by atoms with van der Waals surface area (Å²) in [5, 5.41) is 0. The molecular formula is C15H26N2O. The molecule has 3 heteroatoms. The van der Waals surface area contributed by atoms with Crippen molar-refractivity contribution in [1.29, 1.82) is 0 Å². The minimum absolute atomic E-state index is 0.270. The summed E-state index contributed by atoms with van der Waals surface area (Å²) in [7, 11) is 2.09. The van der Waals surface area contributed by atoms with Crippen LogP contribution in [0.1, 0.15) is 25.8 Å². The van der Waals surface area contributed by atoms with E-state index < -0.39 is 0 Å². The molecule has 0 aliphatic rings. The molecule has 0 saturated heterocycles. The highest BCUT2D eigenvalue weighted by molar-refractivity contribution is 5.46. The van der Waals surface area contributed by atoms with Gasteiger partial charge < -0.3 is 15.4 Å². The van der Waals surface area contributed by atoms with Gasteiger partial charge in [0, 0.05) is 31.9 Å². The van der Waals surface area contributed by atoms with Crippen LogP contribution in [0.25, 0.3) is 0 Å². The highest BCUT2D eigenvalue weighted by atomic mass is 16.5. The maximum atomic E-state index is 5.96. The molecule has 1 atom stereocenters. The maximum absolute atomic E-state index is 5.96. The van der Waals surface area contributed by atoms with E-state index in [1.54, 1.807) is 0 Å². The zero-order valence-electron chi connectivity index (χ0n) is 11.9. The summed E-state index contributed by atoms with van der Waals surface area (Å²) in [6, 6.07) is 8.92. The Labute approximate surface area is 111 Å². The van der Waals surface area contributed by atoms with Gasteiger partial charge >= 0.3 is 0 Å². The van der Waals surface area contributed by atoms with Crippen LogP contribution in [0, 0.1) is 0 Å². The van der Waals surface area contributed by atoms with Crippen molar-refractivity contribution in [3.8, 4) is 0 Å². The van der Waals surface area contributed by atoms with Crippen LogP contribution in [0.4, 0.5) is 5.69 Å². The Bertz CT molecular complexity index is 324. The Kier molecular flexibility index (Phi) is 6.76. The first-order valence-electron chi connectivity index (χ1n) is 6.80. The van der Waals surface area contributed by atoms with Gasteiger partial charge in [0.25, 0.3) is 0 Å². The molecule has 0 bridgehead atoms. The molecule has 0 saturated carbocycles. The molecule has 1 rings (SSSR count). The smallest absolute Gasteiger partial charge is 0.0641 e. The van der Waals surface area contributed by atoms with E-state index in [0.717, 1.165) is 32.6 Å². The third kappa shape index (κ3) is 5.07. The molecule has 0 aliphatic carbocycles. The molecule has 1 aromatic carbocycles. The van der Waals surface area contributed by atoms with Gasteiger partial charge in [0.1, 0.15) is 0 Å². The zero-order valence-corrected chi connectivity index (χ0v) is 11.9. The number of hydrogen-bond acceptors (Lipinski definition) is 3. The van der Waals surface area contributed by atoms with E-state index in [-0.39, 0.29) is 6.04 Å². The number of anilines is 1. The van der Waals surface area contributed by atoms with E-state index in [9.17, 15) is 0 Å². The number of hydrogen-bond donors (Lipinski definition) is 1. The fraction of sp³-hybridized carbons (Fsp3) is 0.600. The van der Waals surface area contributed by atoms with Gasteiger partial charge in [0.2, 0.25) is 0 Å². The average molecular weight is 250 g/mol. The second-order valence-electron chi connectivity index (χ2n) is 4.66. The Hall–Kier alpha value is -1.06. The van der Waals surface area contributed by atoms with Crippen LogP contribution in [0.2, 0.25) is 0 Å². The molecule has 0 spiro atoms. The molecule has 18 heavy (non-hydrogen) atoms. The summed E-state index contributed by atoms with van der Waals surface area (Å²) in [4.78, 5) is 2.21. The third-order valence-electron chi connectivity index (χ3n) is 3.17. The summed E-state index contributed by atoms with van der Waals surface area (Å²) in [6.45, 7) is 6.62. The largest absolute Gasteiger partial charge is 0.380 e. The van der Waals surface area contributed by atoms with E-state index in [4.69, 9.17) is 10.5 Å². The lowest BCUT2D eigenvalue weighted by Crippen LogP contribution is -2.23. The lowest BCUT2D eigenvalue weighted by molar-refractivity contribution is 0.154. The Balaban J connectivity index is 2.48. The monoisotopic (exact) mass is 250 g/mol. The molecule has 102 valence electrons. The van der Waals surface area contributed by atoms with Crippen LogP contribution in [-0.2, 0) is 11.2 Å². The minimum Gasteiger partial charge on any atom is -0.380 e. The molecule has 0 aromatic heterocycles. The molecule has 2 N–H and O–H groups in total. The van der Waals surface area contributed by atoms with Crippen molar-refractivity contribution in [2.75, 3.05) is 31.7 Å². The van der Waals surface area contributed by atoms with E-state index in [1.807, 2.05) is 6.92 Å². The molecule has 3 nitrogen and oxygen atoms in total. The molecule has 0 fully saturated rings. The lowest BCUT2D eigenvalue weighted by atomic mass is 10.0. The lowest BCUT2D eigenvalue weighted by Gasteiger charge is -2.19. The van der Waals surface area contributed by atoms with Crippen molar-refractivity contribution in [3.05, 3.63) is 29.8 Å². The summed E-state index contributed by atoms with van der Waals surface area (Å²) in [5.74, 6) is 0. The van der Waals surface area contributed by atoms with Crippen molar-refractivity contribution in [1.82, 2.24) is 0 Å². The van der Waals surface area contributed by atoms with Crippen molar-refractivity contribution < 1.29 is 4.74 Å². The highest BCUT2D eigenvalue weighted by Gasteiger charge is 2.03. The molecule has 0 aliphatic heterocycles. The molecule has 0 radical (unpaired) electrons. The number of nitrogens with two attached hydrogens (primary N) is 1. The van der Waals surface area contributed by atoms with Gasteiger partial charge in [-0.1, -0.05) is 19.1 Å². The summed E-state index contributed by atoms with van der Waals surface area (Å²) in [5.41, 5.74) is 8.49. The predicted octanol–water partition coefficient (Wildman–Crippen LogP) is 2.44. The van der Waals surface area contributed by atoms with Crippen LogP contribution in [0.15, 0.2) is 24.3 Å². The van der Waals surface area contributed by atoms with Gasteiger partial charge in [0.05, 0.1) is 6.61 Å². The first-order chi connectivity index (χ1) is 8.67. The molecule has 1 aromatic rings. The highest BCUT2D eigenvalue weighted by Crippen LogP contribution is 2.14.